The lowest BCUT2D eigenvalue weighted by Gasteiger charge is -2.08. The van der Waals surface area contributed by atoms with Gasteiger partial charge in [0.25, 0.3) is 0 Å². The van der Waals surface area contributed by atoms with Gasteiger partial charge in [0.1, 0.15) is 0 Å². The molecule has 0 bridgehead atoms. The van der Waals surface area contributed by atoms with E-state index in [4.69, 9.17) is 4.98 Å². The van der Waals surface area contributed by atoms with E-state index in [1.807, 2.05) is 11.3 Å². The third-order valence-corrected chi connectivity index (χ3v) is 4.38. The van der Waals surface area contributed by atoms with E-state index in [1.54, 1.807) is 0 Å². The Morgan fingerprint density at radius 1 is 1.28 bits per heavy atom. The molecule has 18 heavy (non-hydrogen) atoms. The van der Waals surface area contributed by atoms with Crippen molar-refractivity contribution in [3.05, 3.63) is 15.6 Å². The number of nitrogens with zero attached hydrogens (tertiary/aromatic N) is 1. The van der Waals surface area contributed by atoms with E-state index in [-0.39, 0.29) is 0 Å². The lowest BCUT2D eigenvalue weighted by Crippen LogP contribution is -2.22. The molecule has 1 N–H and O–H groups in total. The van der Waals surface area contributed by atoms with E-state index in [9.17, 15) is 0 Å². The maximum Gasteiger partial charge on any atom is 0.0934 e. The fraction of sp³-hybridized carbons (Fsp3) is 0.800. The Bertz CT molecular complexity index is 378. The summed E-state index contributed by atoms with van der Waals surface area (Å²) in [7, 11) is 0. The highest BCUT2D eigenvalue weighted by Crippen LogP contribution is 2.34. The molecule has 1 aliphatic carbocycles. The monoisotopic (exact) mass is 266 g/mol. The van der Waals surface area contributed by atoms with Crippen LogP contribution in [-0.4, -0.2) is 11.0 Å². The molecule has 0 atom stereocenters. The number of nitrogens with one attached hydrogen (secondary N) is 1. The summed E-state index contributed by atoms with van der Waals surface area (Å²) in [5, 5.41) is 4.90. The number of hydrogen-bond donors (Lipinski definition) is 1. The van der Waals surface area contributed by atoms with Crippen LogP contribution in [-0.2, 0) is 19.4 Å². The van der Waals surface area contributed by atoms with E-state index in [1.165, 1.54) is 34.8 Å². The molecule has 0 amide bonds. The van der Waals surface area contributed by atoms with Crippen LogP contribution in [0.4, 0.5) is 0 Å². The zero-order chi connectivity index (χ0) is 13.1. The standard InChI is InChI=1S/C15H26N2S/c1-10(2)7-13-14(9-16-11(3)4)18-15(17-13)8-12-5-6-12/h10-12,16H,5-9H2,1-4H3. The molecular weight excluding hydrogens is 240 g/mol. The predicted octanol–water partition coefficient (Wildman–Crippen LogP) is 3.79. The van der Waals surface area contributed by atoms with Crippen LogP contribution in [0.3, 0.4) is 0 Å². The first-order valence-corrected chi connectivity index (χ1v) is 8.07. The molecule has 3 heteroatoms. The lowest BCUT2D eigenvalue weighted by molar-refractivity contribution is 0.581. The summed E-state index contributed by atoms with van der Waals surface area (Å²) in [5.41, 5.74) is 1.35. The fourth-order valence-electron chi connectivity index (χ4n) is 2.07. The summed E-state index contributed by atoms with van der Waals surface area (Å²) in [5.74, 6) is 1.63. The van der Waals surface area contributed by atoms with Gasteiger partial charge in [-0.25, -0.2) is 4.98 Å². The normalized spacial score (nSPS) is 15.9. The fourth-order valence-corrected chi connectivity index (χ4v) is 3.24. The zero-order valence-electron chi connectivity index (χ0n) is 12.1. The second kappa shape index (κ2) is 6.16. The van der Waals surface area contributed by atoms with E-state index < -0.39 is 0 Å². The van der Waals surface area contributed by atoms with Crippen molar-refractivity contribution >= 4 is 11.3 Å². The lowest BCUT2D eigenvalue weighted by atomic mass is 10.1. The van der Waals surface area contributed by atoms with Crippen LogP contribution in [0, 0.1) is 11.8 Å². The van der Waals surface area contributed by atoms with E-state index in [0.717, 1.165) is 18.9 Å². The van der Waals surface area contributed by atoms with Crippen LogP contribution < -0.4 is 5.32 Å². The molecular formula is C15H26N2S. The Labute approximate surface area is 115 Å². The molecule has 1 aliphatic rings. The molecule has 0 aromatic carbocycles. The van der Waals surface area contributed by atoms with Gasteiger partial charge < -0.3 is 5.32 Å². The Morgan fingerprint density at radius 3 is 2.56 bits per heavy atom. The molecule has 0 unspecified atom stereocenters. The van der Waals surface area contributed by atoms with Gasteiger partial charge in [-0.3, -0.25) is 0 Å². The highest BCUT2D eigenvalue weighted by Gasteiger charge is 2.24. The zero-order valence-corrected chi connectivity index (χ0v) is 12.9. The van der Waals surface area contributed by atoms with Crippen molar-refractivity contribution in [2.45, 2.75) is 66.0 Å². The number of aromatic nitrogens is 1. The maximum absolute atomic E-state index is 4.89. The van der Waals surface area contributed by atoms with E-state index >= 15 is 0 Å². The van der Waals surface area contributed by atoms with Gasteiger partial charge in [0.15, 0.2) is 0 Å². The van der Waals surface area contributed by atoms with Crippen molar-refractivity contribution in [1.82, 2.24) is 10.3 Å². The first-order chi connectivity index (χ1) is 8.54. The average Bonchev–Trinajstić information content (AvgIpc) is 2.98. The maximum atomic E-state index is 4.89. The van der Waals surface area contributed by atoms with Crippen molar-refractivity contribution in [2.24, 2.45) is 11.8 Å². The van der Waals surface area contributed by atoms with Crippen molar-refractivity contribution in [2.75, 3.05) is 0 Å². The van der Waals surface area contributed by atoms with Crippen LogP contribution in [0.25, 0.3) is 0 Å². The summed E-state index contributed by atoms with van der Waals surface area (Å²) in [6.45, 7) is 9.95. The summed E-state index contributed by atoms with van der Waals surface area (Å²) in [6, 6.07) is 0.547. The van der Waals surface area contributed by atoms with Gasteiger partial charge in [-0.05, 0) is 31.1 Å². The second-order valence-electron chi connectivity index (χ2n) is 6.26. The smallest absolute Gasteiger partial charge is 0.0934 e. The molecule has 0 spiro atoms. The van der Waals surface area contributed by atoms with Crippen molar-refractivity contribution in [1.29, 1.82) is 0 Å². The minimum atomic E-state index is 0.547. The van der Waals surface area contributed by atoms with Crippen molar-refractivity contribution < 1.29 is 0 Å². The van der Waals surface area contributed by atoms with Gasteiger partial charge in [0.05, 0.1) is 10.7 Å². The molecule has 2 rings (SSSR count). The molecule has 1 aromatic rings. The first-order valence-electron chi connectivity index (χ1n) is 7.25. The van der Waals surface area contributed by atoms with Crippen LogP contribution in [0.15, 0.2) is 0 Å². The van der Waals surface area contributed by atoms with Gasteiger partial charge in [-0.15, -0.1) is 11.3 Å². The molecule has 0 saturated heterocycles. The topological polar surface area (TPSA) is 24.9 Å². The van der Waals surface area contributed by atoms with Crippen LogP contribution in [0.5, 0.6) is 0 Å². The number of hydrogen-bond acceptors (Lipinski definition) is 3. The number of rotatable bonds is 7. The average molecular weight is 266 g/mol. The minimum absolute atomic E-state index is 0.547. The van der Waals surface area contributed by atoms with Gasteiger partial charge in [0, 0.05) is 23.9 Å². The van der Waals surface area contributed by atoms with Crippen LogP contribution >= 0.6 is 11.3 Å². The number of thiazole rings is 1. The van der Waals surface area contributed by atoms with Gasteiger partial charge in [0.2, 0.25) is 0 Å². The van der Waals surface area contributed by atoms with E-state index in [0.29, 0.717) is 12.0 Å². The summed E-state index contributed by atoms with van der Waals surface area (Å²) < 4.78 is 0. The summed E-state index contributed by atoms with van der Waals surface area (Å²) in [6.07, 6.45) is 5.17. The Balaban J connectivity index is 2.04. The quantitative estimate of drug-likeness (QED) is 0.812. The molecule has 102 valence electrons. The predicted molar refractivity (Wildman–Crippen MR) is 79.1 cm³/mol. The largest absolute Gasteiger partial charge is 0.310 e. The third kappa shape index (κ3) is 4.36. The highest BCUT2D eigenvalue weighted by molar-refractivity contribution is 7.11. The molecule has 0 aliphatic heterocycles. The highest BCUT2D eigenvalue weighted by atomic mass is 32.1. The summed E-state index contributed by atoms with van der Waals surface area (Å²) >= 11 is 1.94. The molecule has 1 fully saturated rings. The van der Waals surface area contributed by atoms with Crippen LogP contribution in [0.1, 0.15) is 56.1 Å². The van der Waals surface area contributed by atoms with Gasteiger partial charge in [-0.2, -0.15) is 0 Å². The van der Waals surface area contributed by atoms with Gasteiger partial charge in [-0.1, -0.05) is 27.7 Å². The second-order valence-corrected chi connectivity index (χ2v) is 7.43. The molecule has 2 nitrogen and oxygen atoms in total. The molecule has 1 heterocycles. The van der Waals surface area contributed by atoms with E-state index in [2.05, 4.69) is 33.0 Å². The van der Waals surface area contributed by atoms with Gasteiger partial charge >= 0.3 is 0 Å². The minimum Gasteiger partial charge on any atom is -0.310 e. The third-order valence-electron chi connectivity index (χ3n) is 3.26. The Morgan fingerprint density at radius 2 is 2.00 bits per heavy atom. The Kier molecular flexibility index (Phi) is 4.79. The molecule has 1 saturated carbocycles. The SMILES string of the molecule is CC(C)Cc1nc(CC2CC2)sc1CNC(C)C. The van der Waals surface area contributed by atoms with Crippen LogP contribution in [0.2, 0.25) is 0 Å². The van der Waals surface area contributed by atoms with Crippen molar-refractivity contribution in [3.8, 4) is 0 Å². The molecule has 1 aromatic heterocycles. The molecule has 0 radical (unpaired) electrons. The summed E-state index contributed by atoms with van der Waals surface area (Å²) in [4.78, 5) is 6.35. The first kappa shape index (κ1) is 14.0. The van der Waals surface area contributed by atoms with Crippen molar-refractivity contribution in [3.63, 3.8) is 0 Å². The Hall–Kier alpha value is -0.410.